The van der Waals surface area contributed by atoms with Gasteiger partial charge in [-0.25, -0.2) is 4.98 Å². The lowest BCUT2D eigenvalue weighted by Gasteiger charge is -2.14. The maximum atomic E-state index is 13.5. The molecule has 9 nitrogen and oxygen atoms in total. The second kappa shape index (κ2) is 11.8. The van der Waals surface area contributed by atoms with Gasteiger partial charge in [0.1, 0.15) is 5.76 Å². The van der Waals surface area contributed by atoms with Crippen molar-refractivity contribution in [3.63, 3.8) is 0 Å². The van der Waals surface area contributed by atoms with Gasteiger partial charge in [0.05, 0.1) is 46.3 Å². The second-order valence-electron chi connectivity index (χ2n) is 8.76. The van der Waals surface area contributed by atoms with Gasteiger partial charge >= 0.3 is 0 Å². The Morgan fingerprint density at radius 1 is 1.16 bits per heavy atom. The number of rotatable bonds is 9. The minimum atomic E-state index is -0.302. The van der Waals surface area contributed by atoms with E-state index in [4.69, 9.17) is 20.8 Å². The normalized spacial score (nSPS) is 15.0. The summed E-state index contributed by atoms with van der Waals surface area (Å²) < 4.78 is 12.5. The molecule has 0 spiro atoms. The molecule has 2 amide bonds. The minimum Gasteiger partial charge on any atom is -0.467 e. The Morgan fingerprint density at radius 2 is 2.03 bits per heavy atom. The fraction of sp³-hybridized carbons (Fsp3) is 0.259. The fourth-order valence-corrected chi connectivity index (χ4v) is 5.12. The summed E-state index contributed by atoms with van der Waals surface area (Å²) in [6.07, 6.45) is 3.45. The van der Waals surface area contributed by atoms with Gasteiger partial charge < -0.3 is 19.8 Å². The predicted molar refractivity (Wildman–Crippen MR) is 146 cm³/mol. The zero-order valence-corrected chi connectivity index (χ0v) is 21.9. The zero-order valence-electron chi connectivity index (χ0n) is 20.3. The number of thioether (sulfide) groups is 1. The Bertz CT molecular complexity index is 1520. The quantitative estimate of drug-likeness (QED) is 0.234. The molecule has 2 aromatic carbocycles. The Labute approximate surface area is 227 Å². The van der Waals surface area contributed by atoms with Crippen molar-refractivity contribution in [3.05, 3.63) is 87.6 Å². The number of para-hydroxylation sites is 1. The van der Waals surface area contributed by atoms with Gasteiger partial charge in [0, 0.05) is 18.7 Å². The molecule has 2 aromatic heterocycles. The Morgan fingerprint density at radius 3 is 2.79 bits per heavy atom. The van der Waals surface area contributed by atoms with Crippen molar-refractivity contribution in [2.75, 3.05) is 24.2 Å². The van der Waals surface area contributed by atoms with Crippen LogP contribution in [-0.2, 0) is 16.1 Å². The molecule has 3 heterocycles. The number of furan rings is 1. The van der Waals surface area contributed by atoms with Crippen molar-refractivity contribution in [1.29, 1.82) is 0 Å². The highest BCUT2D eigenvalue weighted by Crippen LogP contribution is 2.23. The minimum absolute atomic E-state index is 0.0110. The maximum Gasteiger partial charge on any atom is 0.262 e. The molecular formula is C27H25ClN4O5S. The number of fused-ring (bicyclic) bond motifs is 1. The third kappa shape index (κ3) is 6.09. The van der Waals surface area contributed by atoms with E-state index in [0.717, 1.165) is 24.6 Å². The van der Waals surface area contributed by atoms with E-state index in [9.17, 15) is 14.4 Å². The largest absolute Gasteiger partial charge is 0.467 e. The van der Waals surface area contributed by atoms with Crippen LogP contribution in [0, 0.1) is 0 Å². The Hall–Kier alpha value is -3.60. The molecule has 0 aliphatic carbocycles. The molecule has 2 N–H and O–H groups in total. The number of benzene rings is 2. The van der Waals surface area contributed by atoms with Crippen molar-refractivity contribution in [1.82, 2.24) is 14.9 Å². The van der Waals surface area contributed by atoms with Crippen molar-refractivity contribution in [3.8, 4) is 0 Å². The summed E-state index contributed by atoms with van der Waals surface area (Å²) in [6, 6.07) is 15.2. The Balaban J connectivity index is 1.40. The predicted octanol–water partition coefficient (Wildman–Crippen LogP) is 4.33. The molecule has 0 unspecified atom stereocenters. The van der Waals surface area contributed by atoms with Gasteiger partial charge in [-0.05, 0) is 55.3 Å². The molecule has 5 rings (SSSR count). The van der Waals surface area contributed by atoms with Crippen LogP contribution in [-0.4, -0.2) is 46.4 Å². The summed E-state index contributed by atoms with van der Waals surface area (Å²) in [6.45, 7) is 1.28. The average molecular weight is 553 g/mol. The van der Waals surface area contributed by atoms with Crippen LogP contribution in [0.4, 0.5) is 5.69 Å². The van der Waals surface area contributed by atoms with E-state index in [-0.39, 0.29) is 35.8 Å². The summed E-state index contributed by atoms with van der Waals surface area (Å²) >= 11 is 7.26. The lowest BCUT2D eigenvalue weighted by Crippen LogP contribution is -2.31. The van der Waals surface area contributed by atoms with E-state index in [1.165, 1.54) is 10.8 Å². The van der Waals surface area contributed by atoms with Crippen LogP contribution < -0.4 is 16.2 Å². The smallest absolute Gasteiger partial charge is 0.262 e. The van der Waals surface area contributed by atoms with Crippen LogP contribution in [0.5, 0.6) is 0 Å². The summed E-state index contributed by atoms with van der Waals surface area (Å²) in [4.78, 5) is 43.5. The van der Waals surface area contributed by atoms with E-state index in [1.807, 2.05) is 0 Å². The lowest BCUT2D eigenvalue weighted by atomic mass is 10.1. The number of nitrogens with one attached hydrogen (secondary N) is 2. The van der Waals surface area contributed by atoms with Gasteiger partial charge in [0.25, 0.3) is 11.5 Å². The van der Waals surface area contributed by atoms with Crippen molar-refractivity contribution >= 4 is 51.8 Å². The highest BCUT2D eigenvalue weighted by molar-refractivity contribution is 7.99. The van der Waals surface area contributed by atoms with Crippen molar-refractivity contribution < 1.29 is 18.7 Å². The van der Waals surface area contributed by atoms with Crippen LogP contribution >= 0.6 is 23.4 Å². The summed E-state index contributed by atoms with van der Waals surface area (Å²) in [5.74, 6) is -0.00890. The molecule has 1 fully saturated rings. The number of amides is 2. The molecule has 0 bridgehead atoms. The third-order valence-electron chi connectivity index (χ3n) is 6.07. The molecule has 38 heavy (non-hydrogen) atoms. The molecule has 0 radical (unpaired) electrons. The molecule has 4 aromatic rings. The number of halogens is 1. The highest BCUT2D eigenvalue weighted by atomic mass is 35.5. The number of hydrogen-bond acceptors (Lipinski definition) is 7. The van der Waals surface area contributed by atoms with E-state index in [0.29, 0.717) is 51.2 Å². The molecule has 1 aliphatic heterocycles. The van der Waals surface area contributed by atoms with Crippen molar-refractivity contribution in [2.24, 2.45) is 0 Å². The van der Waals surface area contributed by atoms with Gasteiger partial charge in [-0.1, -0.05) is 35.5 Å². The topological polar surface area (TPSA) is 115 Å². The standard InChI is InChI=1S/C27H25ClN4O5S/c28-21-7-1-2-8-22(21)30-24(33)16-38-27-31-23-13-17(25(34)29-14-18-5-3-11-36-18)9-10-20(23)26(35)32(27)15-19-6-4-12-37-19/h1-2,4,6-10,12-13,18H,3,5,11,14-16H2,(H,29,34)(H,30,33)/t18-/m1/s1. The molecule has 1 atom stereocenters. The van der Waals surface area contributed by atoms with E-state index in [2.05, 4.69) is 15.6 Å². The SMILES string of the molecule is O=C(CSc1nc2cc(C(=O)NC[C@H]3CCCO3)ccc2c(=O)n1Cc1ccco1)Nc1ccccc1Cl. The van der Waals surface area contributed by atoms with Crippen LogP contribution in [0.2, 0.25) is 5.02 Å². The first-order chi connectivity index (χ1) is 18.5. The van der Waals surface area contributed by atoms with Gasteiger partial charge in [0.2, 0.25) is 5.91 Å². The molecule has 196 valence electrons. The van der Waals surface area contributed by atoms with E-state index < -0.39 is 0 Å². The lowest BCUT2D eigenvalue weighted by molar-refractivity contribution is -0.113. The highest BCUT2D eigenvalue weighted by Gasteiger charge is 2.19. The number of nitrogens with zero attached hydrogens (tertiary/aromatic N) is 2. The second-order valence-corrected chi connectivity index (χ2v) is 10.1. The number of aromatic nitrogens is 2. The molecular weight excluding hydrogens is 528 g/mol. The Kier molecular flexibility index (Phi) is 8.11. The van der Waals surface area contributed by atoms with E-state index in [1.54, 1.807) is 54.6 Å². The first kappa shape index (κ1) is 26.0. The van der Waals surface area contributed by atoms with Crippen LogP contribution in [0.15, 0.2) is 75.2 Å². The first-order valence-corrected chi connectivity index (χ1v) is 13.5. The summed E-state index contributed by atoms with van der Waals surface area (Å²) in [7, 11) is 0. The number of hydrogen-bond donors (Lipinski definition) is 2. The molecule has 1 aliphatic rings. The number of ether oxygens (including phenoxy) is 1. The van der Waals surface area contributed by atoms with Crippen LogP contribution in [0.3, 0.4) is 0 Å². The van der Waals surface area contributed by atoms with Gasteiger partial charge in [-0.2, -0.15) is 0 Å². The van der Waals surface area contributed by atoms with Gasteiger partial charge in [-0.3, -0.25) is 19.0 Å². The maximum absolute atomic E-state index is 13.5. The average Bonchev–Trinajstić information content (AvgIpc) is 3.63. The van der Waals surface area contributed by atoms with Crippen LogP contribution in [0.25, 0.3) is 10.9 Å². The molecule has 1 saturated heterocycles. The first-order valence-electron chi connectivity index (χ1n) is 12.1. The van der Waals surface area contributed by atoms with Gasteiger partial charge in [0.15, 0.2) is 5.16 Å². The van der Waals surface area contributed by atoms with Crippen LogP contribution in [0.1, 0.15) is 29.0 Å². The summed E-state index contributed by atoms with van der Waals surface area (Å²) in [5.41, 5.74) is 0.952. The van der Waals surface area contributed by atoms with E-state index >= 15 is 0 Å². The number of carbonyl (C=O) groups is 2. The van der Waals surface area contributed by atoms with Gasteiger partial charge in [-0.15, -0.1) is 0 Å². The number of carbonyl (C=O) groups excluding carboxylic acids is 2. The molecule has 11 heteroatoms. The fourth-order valence-electron chi connectivity index (χ4n) is 4.14. The zero-order chi connectivity index (χ0) is 26.5. The van der Waals surface area contributed by atoms with Crippen molar-refractivity contribution in [2.45, 2.75) is 30.6 Å². The monoisotopic (exact) mass is 552 g/mol. The number of anilines is 1. The third-order valence-corrected chi connectivity index (χ3v) is 7.38. The summed E-state index contributed by atoms with van der Waals surface area (Å²) in [5, 5.41) is 6.77. The molecule has 0 saturated carbocycles.